The molecule has 0 radical (unpaired) electrons. The van der Waals surface area contributed by atoms with E-state index in [2.05, 4.69) is 27.0 Å². The fourth-order valence-electron chi connectivity index (χ4n) is 4.47. The van der Waals surface area contributed by atoms with Crippen LogP contribution in [0.5, 0.6) is 0 Å². The highest BCUT2D eigenvalue weighted by Crippen LogP contribution is 2.26. The molecule has 0 aliphatic carbocycles. The predicted octanol–water partition coefficient (Wildman–Crippen LogP) is 3.57. The van der Waals surface area contributed by atoms with Crippen molar-refractivity contribution in [1.29, 1.82) is 0 Å². The minimum Gasteiger partial charge on any atom is -0.355 e. The van der Waals surface area contributed by atoms with Gasteiger partial charge >= 0.3 is 0 Å². The van der Waals surface area contributed by atoms with Crippen LogP contribution in [0.2, 0.25) is 5.02 Å². The van der Waals surface area contributed by atoms with Gasteiger partial charge in [-0.2, -0.15) is 0 Å². The summed E-state index contributed by atoms with van der Waals surface area (Å²) in [4.78, 5) is 19.6. The van der Waals surface area contributed by atoms with Gasteiger partial charge in [-0.15, -0.1) is 10.2 Å². The molecule has 2 aromatic rings. The number of benzene rings is 1. The molecule has 7 heteroatoms. The molecular weight excluding hydrogens is 398 g/mol. The molecule has 30 heavy (non-hydrogen) atoms. The molecule has 3 heterocycles. The fourth-order valence-corrected chi connectivity index (χ4v) is 4.60. The van der Waals surface area contributed by atoms with Crippen LogP contribution in [0.1, 0.15) is 25.7 Å². The molecule has 1 aromatic heterocycles. The van der Waals surface area contributed by atoms with E-state index in [1.807, 2.05) is 48.3 Å². The van der Waals surface area contributed by atoms with Crippen LogP contribution in [-0.2, 0) is 4.79 Å². The fraction of sp³-hybridized carbons (Fsp3) is 0.522. The van der Waals surface area contributed by atoms with Gasteiger partial charge in [-0.05, 0) is 70.1 Å². The number of hydrogen-bond acceptors (Lipinski definition) is 5. The van der Waals surface area contributed by atoms with E-state index in [4.69, 9.17) is 11.6 Å². The predicted molar refractivity (Wildman–Crippen MR) is 121 cm³/mol. The second kappa shape index (κ2) is 9.31. The first kappa shape index (κ1) is 21.1. The number of hydrogen-bond donors (Lipinski definition) is 0. The molecule has 0 unspecified atom stereocenters. The maximum absolute atomic E-state index is 13.0. The molecule has 2 fully saturated rings. The Bertz CT molecular complexity index is 841. The van der Waals surface area contributed by atoms with E-state index >= 15 is 0 Å². The van der Waals surface area contributed by atoms with Crippen LogP contribution in [0.3, 0.4) is 0 Å². The van der Waals surface area contributed by atoms with E-state index < -0.39 is 0 Å². The third-order valence-corrected chi connectivity index (χ3v) is 6.79. The lowest BCUT2D eigenvalue weighted by atomic mass is 9.93. The Kier molecular flexibility index (Phi) is 6.54. The number of amides is 1. The largest absolute Gasteiger partial charge is 0.355 e. The molecule has 2 aliphatic heterocycles. The summed E-state index contributed by atoms with van der Waals surface area (Å²) >= 11 is 5.96. The van der Waals surface area contributed by atoms with Gasteiger partial charge < -0.3 is 14.7 Å². The number of piperidine rings is 2. The molecule has 2 aliphatic rings. The van der Waals surface area contributed by atoms with Gasteiger partial charge in [-0.1, -0.05) is 23.7 Å². The Morgan fingerprint density at radius 1 is 0.967 bits per heavy atom. The topological polar surface area (TPSA) is 52.6 Å². The molecule has 0 N–H and O–H groups in total. The van der Waals surface area contributed by atoms with Crippen molar-refractivity contribution in [3.8, 4) is 11.3 Å². The summed E-state index contributed by atoms with van der Waals surface area (Å²) in [5, 5.41) is 9.53. The van der Waals surface area contributed by atoms with E-state index in [1.54, 1.807) is 0 Å². The molecule has 1 aromatic carbocycles. The number of carbonyl (C=O) groups is 1. The van der Waals surface area contributed by atoms with Crippen LogP contribution >= 0.6 is 11.6 Å². The Hall–Kier alpha value is -2.18. The SMILES string of the molecule is CN1CCC(N(C)C(=O)C2CCN(c3ccc(-c4ccc(Cl)cc4)nn3)CC2)CC1. The Morgan fingerprint density at radius 3 is 2.23 bits per heavy atom. The van der Waals surface area contributed by atoms with E-state index in [0.717, 1.165) is 68.9 Å². The zero-order chi connectivity index (χ0) is 21.1. The second-order valence-electron chi connectivity index (χ2n) is 8.53. The van der Waals surface area contributed by atoms with Crippen molar-refractivity contribution in [3.05, 3.63) is 41.4 Å². The average Bonchev–Trinajstić information content (AvgIpc) is 2.79. The highest BCUT2D eigenvalue weighted by molar-refractivity contribution is 6.30. The summed E-state index contributed by atoms with van der Waals surface area (Å²) in [6.07, 6.45) is 3.90. The van der Waals surface area contributed by atoms with Gasteiger partial charge in [0, 0.05) is 42.7 Å². The van der Waals surface area contributed by atoms with E-state index in [0.29, 0.717) is 17.0 Å². The number of halogens is 1. The summed E-state index contributed by atoms with van der Waals surface area (Å²) in [5.74, 6) is 1.31. The molecule has 0 saturated carbocycles. The minimum absolute atomic E-state index is 0.118. The smallest absolute Gasteiger partial charge is 0.225 e. The van der Waals surface area contributed by atoms with Crippen molar-refractivity contribution < 1.29 is 4.79 Å². The third-order valence-electron chi connectivity index (χ3n) is 6.54. The monoisotopic (exact) mass is 427 g/mol. The van der Waals surface area contributed by atoms with Gasteiger partial charge in [0.05, 0.1) is 5.69 Å². The van der Waals surface area contributed by atoms with E-state index in [1.165, 1.54) is 0 Å². The van der Waals surface area contributed by atoms with Gasteiger partial charge in [-0.3, -0.25) is 4.79 Å². The lowest BCUT2D eigenvalue weighted by molar-refractivity contribution is -0.137. The number of rotatable bonds is 4. The summed E-state index contributed by atoms with van der Waals surface area (Å²) in [5.41, 5.74) is 1.83. The van der Waals surface area contributed by atoms with Crippen LogP contribution in [-0.4, -0.2) is 72.2 Å². The normalized spacial score (nSPS) is 19.1. The quantitative estimate of drug-likeness (QED) is 0.746. The Balaban J connectivity index is 1.31. The van der Waals surface area contributed by atoms with Gasteiger partial charge in [0.2, 0.25) is 5.91 Å². The highest BCUT2D eigenvalue weighted by atomic mass is 35.5. The number of aromatic nitrogens is 2. The van der Waals surface area contributed by atoms with Crippen LogP contribution < -0.4 is 4.90 Å². The van der Waals surface area contributed by atoms with Crippen molar-refractivity contribution >= 4 is 23.3 Å². The minimum atomic E-state index is 0.118. The maximum Gasteiger partial charge on any atom is 0.225 e. The third kappa shape index (κ3) is 4.76. The van der Waals surface area contributed by atoms with Crippen molar-refractivity contribution in [3.63, 3.8) is 0 Å². The molecule has 1 amide bonds. The Labute approximate surface area is 183 Å². The van der Waals surface area contributed by atoms with Crippen molar-refractivity contribution in [1.82, 2.24) is 20.0 Å². The number of anilines is 1. The number of carbonyl (C=O) groups excluding carboxylic acids is 1. The summed E-state index contributed by atoms with van der Waals surface area (Å²) in [6, 6.07) is 12.0. The van der Waals surface area contributed by atoms with Crippen LogP contribution in [0.25, 0.3) is 11.3 Å². The molecule has 6 nitrogen and oxygen atoms in total. The Morgan fingerprint density at radius 2 is 1.63 bits per heavy atom. The zero-order valence-corrected chi connectivity index (χ0v) is 18.6. The molecule has 0 atom stereocenters. The van der Waals surface area contributed by atoms with Gasteiger partial charge in [0.1, 0.15) is 0 Å². The van der Waals surface area contributed by atoms with Gasteiger partial charge in [0.25, 0.3) is 0 Å². The first-order valence-electron chi connectivity index (χ1n) is 10.8. The molecule has 0 bridgehead atoms. The van der Waals surface area contributed by atoms with Crippen molar-refractivity contribution in [2.24, 2.45) is 5.92 Å². The number of nitrogens with zero attached hydrogens (tertiary/aromatic N) is 5. The van der Waals surface area contributed by atoms with Crippen LogP contribution in [0.4, 0.5) is 5.82 Å². The maximum atomic E-state index is 13.0. The molecule has 160 valence electrons. The first-order chi connectivity index (χ1) is 14.5. The molecule has 0 spiro atoms. The average molecular weight is 428 g/mol. The summed E-state index contributed by atoms with van der Waals surface area (Å²) < 4.78 is 0. The lowest BCUT2D eigenvalue weighted by Crippen LogP contribution is -2.48. The number of likely N-dealkylation sites (tertiary alicyclic amines) is 1. The van der Waals surface area contributed by atoms with E-state index in [-0.39, 0.29) is 5.92 Å². The zero-order valence-electron chi connectivity index (χ0n) is 17.8. The molecule has 2 saturated heterocycles. The standard InChI is InChI=1S/C23H30ClN5O/c1-27-13-11-20(12-14-27)28(2)23(30)18-9-15-29(16-10-18)22-8-7-21(25-26-22)17-3-5-19(24)6-4-17/h3-8,18,20H,9-16H2,1-2H3. The van der Waals surface area contributed by atoms with Gasteiger partial charge in [0.15, 0.2) is 5.82 Å². The summed E-state index contributed by atoms with van der Waals surface area (Å²) in [7, 11) is 4.14. The summed E-state index contributed by atoms with van der Waals surface area (Å²) in [6.45, 7) is 3.83. The van der Waals surface area contributed by atoms with Crippen molar-refractivity contribution in [2.75, 3.05) is 45.2 Å². The second-order valence-corrected chi connectivity index (χ2v) is 8.97. The van der Waals surface area contributed by atoms with Gasteiger partial charge in [-0.25, -0.2) is 0 Å². The van der Waals surface area contributed by atoms with Crippen LogP contribution in [0, 0.1) is 5.92 Å². The molecular formula is C23H30ClN5O. The van der Waals surface area contributed by atoms with E-state index in [9.17, 15) is 4.79 Å². The lowest BCUT2D eigenvalue weighted by Gasteiger charge is -2.38. The first-order valence-corrected chi connectivity index (χ1v) is 11.2. The molecule has 4 rings (SSSR count). The highest BCUT2D eigenvalue weighted by Gasteiger charge is 2.31. The van der Waals surface area contributed by atoms with Crippen molar-refractivity contribution in [2.45, 2.75) is 31.7 Å². The van der Waals surface area contributed by atoms with Crippen LogP contribution in [0.15, 0.2) is 36.4 Å².